The third kappa shape index (κ3) is 5.86. The summed E-state index contributed by atoms with van der Waals surface area (Å²) in [7, 11) is 5.23. The molecule has 1 aromatic rings. The van der Waals surface area contributed by atoms with Gasteiger partial charge in [0.1, 0.15) is 17.0 Å². The Labute approximate surface area is 150 Å². The van der Waals surface area contributed by atoms with Crippen molar-refractivity contribution in [1.82, 2.24) is 0 Å². The van der Waals surface area contributed by atoms with Gasteiger partial charge in [0.05, 0.1) is 12.8 Å². The first-order chi connectivity index (χ1) is 11.4. The van der Waals surface area contributed by atoms with Gasteiger partial charge in [0.25, 0.3) is 0 Å². The summed E-state index contributed by atoms with van der Waals surface area (Å²) in [5, 5.41) is 9.37. The Bertz CT molecular complexity index is 584. The third-order valence-electron chi connectivity index (χ3n) is 3.86. The topological polar surface area (TPSA) is 41.9 Å². The summed E-state index contributed by atoms with van der Waals surface area (Å²) in [5.74, 6) is 0.656. The summed E-state index contributed by atoms with van der Waals surface area (Å²) in [6.07, 6.45) is 7.34. The number of aliphatic hydroxyl groups is 1. The van der Waals surface area contributed by atoms with Crippen molar-refractivity contribution in [2.24, 2.45) is 0 Å². The van der Waals surface area contributed by atoms with E-state index in [1.165, 1.54) is 5.57 Å². The highest BCUT2D eigenvalue weighted by molar-refractivity contribution is 6.34. The fourth-order valence-electron chi connectivity index (χ4n) is 2.28. The van der Waals surface area contributed by atoms with Gasteiger partial charge in [0, 0.05) is 20.8 Å². The van der Waals surface area contributed by atoms with Crippen molar-refractivity contribution in [3.05, 3.63) is 46.5 Å². The molecule has 0 radical (unpaired) electrons. The minimum Gasteiger partial charge on any atom is -0.495 e. The average Bonchev–Trinajstić information content (AvgIpc) is 2.58. The predicted octanol–water partition coefficient (Wildman–Crippen LogP) is 4.20. The van der Waals surface area contributed by atoms with Crippen LogP contribution >= 0.6 is 11.6 Å². The lowest BCUT2D eigenvalue weighted by Gasteiger charge is -2.27. The molecule has 134 valence electrons. The highest BCUT2D eigenvalue weighted by Gasteiger charge is 2.17. The minimum atomic E-state index is -0.0967. The van der Waals surface area contributed by atoms with Gasteiger partial charge in [0.2, 0.25) is 0 Å². The van der Waals surface area contributed by atoms with Gasteiger partial charge < -0.3 is 19.5 Å². The van der Waals surface area contributed by atoms with Crippen LogP contribution in [0.25, 0.3) is 0 Å². The van der Waals surface area contributed by atoms with E-state index in [-0.39, 0.29) is 12.8 Å². The van der Waals surface area contributed by atoms with E-state index in [9.17, 15) is 0 Å². The van der Waals surface area contributed by atoms with Crippen LogP contribution in [0, 0.1) is 0 Å². The van der Waals surface area contributed by atoms with Crippen LogP contribution in [0.2, 0.25) is 5.02 Å². The first kappa shape index (κ1) is 20.6. The Morgan fingerprint density at radius 2 is 2.08 bits per heavy atom. The lowest BCUT2D eigenvalue weighted by atomic mass is 10.0. The van der Waals surface area contributed by atoms with Crippen molar-refractivity contribution in [3.8, 4) is 5.75 Å². The summed E-state index contributed by atoms with van der Waals surface area (Å²) in [6.45, 7) is 4.21. The summed E-state index contributed by atoms with van der Waals surface area (Å²) >= 11 is 6.46. The highest BCUT2D eigenvalue weighted by Crippen LogP contribution is 2.37. The molecule has 5 heteroatoms. The van der Waals surface area contributed by atoms with Gasteiger partial charge in [-0.15, -0.1) is 0 Å². The molecule has 1 N–H and O–H groups in total. The molecule has 0 aromatic heterocycles. The molecule has 0 spiro atoms. The number of ether oxygens (including phenoxy) is 2. The number of hydrogen-bond acceptors (Lipinski definition) is 4. The predicted molar refractivity (Wildman–Crippen MR) is 101 cm³/mol. The van der Waals surface area contributed by atoms with Crippen LogP contribution in [-0.2, 0) is 11.2 Å². The number of nitrogens with zero attached hydrogens (tertiary/aromatic N) is 1. The van der Waals surface area contributed by atoms with Gasteiger partial charge in [-0.3, -0.25) is 0 Å². The number of rotatable bonds is 9. The average molecular weight is 354 g/mol. The maximum absolute atomic E-state index is 8.78. The Morgan fingerprint density at radius 1 is 1.38 bits per heavy atom. The minimum absolute atomic E-state index is 0.0967. The molecule has 0 aliphatic carbocycles. The molecule has 1 aromatic carbocycles. The standard InChI is InChI=1S/C19H28ClNO3/c1-14(9-7-6-8-10-22)11-16-12-17(21(3)15(2)23-4)19(20)18(13-16)24-5/h6-7,9,12-13,15,22H,8,10-11H2,1-5H3/b7-6+,14-9+. The van der Waals surface area contributed by atoms with Crippen molar-refractivity contribution < 1.29 is 14.6 Å². The van der Waals surface area contributed by atoms with Crippen molar-refractivity contribution in [2.45, 2.75) is 32.9 Å². The monoisotopic (exact) mass is 353 g/mol. The molecule has 0 bridgehead atoms. The van der Waals surface area contributed by atoms with Crippen LogP contribution in [0.1, 0.15) is 25.8 Å². The number of benzene rings is 1. The van der Waals surface area contributed by atoms with Crippen LogP contribution in [0.5, 0.6) is 5.75 Å². The molecule has 0 amide bonds. The number of halogens is 1. The van der Waals surface area contributed by atoms with E-state index in [0.29, 0.717) is 17.2 Å². The Balaban J connectivity index is 3.07. The van der Waals surface area contributed by atoms with Gasteiger partial charge in [-0.25, -0.2) is 0 Å². The van der Waals surface area contributed by atoms with Crippen molar-refractivity contribution in [1.29, 1.82) is 0 Å². The van der Waals surface area contributed by atoms with Crippen LogP contribution < -0.4 is 9.64 Å². The van der Waals surface area contributed by atoms with Gasteiger partial charge >= 0.3 is 0 Å². The molecule has 0 fully saturated rings. The molecular weight excluding hydrogens is 326 g/mol. The molecule has 0 saturated carbocycles. The van der Waals surface area contributed by atoms with E-state index in [1.807, 2.05) is 37.1 Å². The van der Waals surface area contributed by atoms with Crippen LogP contribution in [0.4, 0.5) is 5.69 Å². The molecule has 4 nitrogen and oxygen atoms in total. The number of allylic oxidation sites excluding steroid dienone is 3. The van der Waals surface area contributed by atoms with Crippen LogP contribution in [-0.4, -0.2) is 39.2 Å². The van der Waals surface area contributed by atoms with Crippen LogP contribution in [0.15, 0.2) is 35.9 Å². The quantitative estimate of drug-likeness (QED) is 0.533. The summed E-state index contributed by atoms with van der Waals surface area (Å²) in [4.78, 5) is 1.98. The second-order valence-corrected chi connectivity index (χ2v) is 6.09. The second kappa shape index (κ2) is 10.4. The zero-order valence-electron chi connectivity index (χ0n) is 15.2. The van der Waals surface area contributed by atoms with Crippen molar-refractivity contribution >= 4 is 17.3 Å². The molecule has 1 unspecified atom stereocenters. The molecule has 1 rings (SSSR count). The maximum Gasteiger partial charge on any atom is 0.139 e. The third-order valence-corrected chi connectivity index (χ3v) is 4.24. The molecule has 1 atom stereocenters. The first-order valence-corrected chi connectivity index (χ1v) is 8.37. The van der Waals surface area contributed by atoms with E-state index < -0.39 is 0 Å². The van der Waals surface area contributed by atoms with E-state index in [4.69, 9.17) is 26.2 Å². The number of hydrogen-bond donors (Lipinski definition) is 1. The van der Waals surface area contributed by atoms with E-state index >= 15 is 0 Å². The Kier molecular flexibility index (Phi) is 8.90. The van der Waals surface area contributed by atoms with Gasteiger partial charge in [-0.1, -0.05) is 35.4 Å². The van der Waals surface area contributed by atoms with Crippen LogP contribution in [0.3, 0.4) is 0 Å². The van der Waals surface area contributed by atoms with Gasteiger partial charge in [-0.05, 0) is 44.4 Å². The lowest BCUT2D eigenvalue weighted by molar-refractivity contribution is 0.119. The fraction of sp³-hybridized carbons (Fsp3) is 0.474. The molecular formula is C19H28ClNO3. The summed E-state index contributed by atoms with van der Waals surface area (Å²) < 4.78 is 10.8. The maximum atomic E-state index is 8.78. The molecule has 0 saturated heterocycles. The van der Waals surface area contributed by atoms with E-state index in [1.54, 1.807) is 14.2 Å². The molecule has 24 heavy (non-hydrogen) atoms. The summed E-state index contributed by atoms with van der Waals surface area (Å²) in [6, 6.07) is 4.03. The number of anilines is 1. The molecule has 0 heterocycles. The zero-order chi connectivity index (χ0) is 18.1. The molecule has 0 aliphatic heterocycles. The first-order valence-electron chi connectivity index (χ1n) is 7.99. The van der Waals surface area contributed by atoms with Crippen molar-refractivity contribution in [3.63, 3.8) is 0 Å². The lowest BCUT2D eigenvalue weighted by Crippen LogP contribution is -2.30. The number of methoxy groups -OCH3 is 2. The normalized spacial score (nSPS) is 13.4. The zero-order valence-corrected chi connectivity index (χ0v) is 15.9. The number of aliphatic hydroxyl groups excluding tert-OH is 1. The Hall–Kier alpha value is -1.49. The van der Waals surface area contributed by atoms with Gasteiger partial charge in [-0.2, -0.15) is 0 Å². The van der Waals surface area contributed by atoms with E-state index in [2.05, 4.69) is 19.1 Å². The highest BCUT2D eigenvalue weighted by atomic mass is 35.5. The largest absolute Gasteiger partial charge is 0.495 e. The molecule has 0 aliphatic rings. The second-order valence-electron chi connectivity index (χ2n) is 5.71. The fourth-order valence-corrected chi connectivity index (χ4v) is 2.60. The van der Waals surface area contributed by atoms with E-state index in [0.717, 1.165) is 17.7 Å². The summed E-state index contributed by atoms with van der Waals surface area (Å²) in [5.41, 5.74) is 3.21. The SMILES string of the molecule is COc1cc(C/C(C)=C/C=C/CCO)cc(N(C)C(C)OC)c1Cl. The smallest absolute Gasteiger partial charge is 0.139 e. The van der Waals surface area contributed by atoms with Gasteiger partial charge in [0.15, 0.2) is 0 Å². The van der Waals surface area contributed by atoms with Crippen molar-refractivity contribution in [2.75, 3.05) is 32.8 Å². The Morgan fingerprint density at radius 3 is 2.67 bits per heavy atom.